The number of rotatable bonds is 1. The quantitative estimate of drug-likeness (QED) is 0.492. The molecule has 96 valence electrons. The van der Waals surface area contributed by atoms with Crippen molar-refractivity contribution in [1.29, 1.82) is 0 Å². The van der Waals surface area contributed by atoms with Crippen molar-refractivity contribution < 1.29 is 0 Å². The molecule has 2 heteroatoms. The van der Waals surface area contributed by atoms with Crippen LogP contribution in [0.2, 0.25) is 0 Å². The molecular formula is C18H14N2. The van der Waals surface area contributed by atoms with Gasteiger partial charge in [0.05, 0.1) is 22.2 Å². The highest BCUT2D eigenvalue weighted by atomic mass is 14.9. The van der Waals surface area contributed by atoms with Crippen LogP contribution in [0, 0.1) is 6.92 Å². The van der Waals surface area contributed by atoms with Crippen LogP contribution in [-0.2, 0) is 0 Å². The number of hydrogen-bond acceptors (Lipinski definition) is 1. The van der Waals surface area contributed by atoms with Crippen LogP contribution in [0.25, 0.3) is 27.7 Å². The molecule has 0 aliphatic rings. The molecular weight excluding hydrogens is 244 g/mol. The minimum Gasteiger partial charge on any atom is -0.313 e. The summed E-state index contributed by atoms with van der Waals surface area (Å²) in [4.78, 5) is 4.69. The molecule has 20 heavy (non-hydrogen) atoms. The molecule has 0 saturated carbocycles. The molecule has 4 rings (SSSR count). The third-order valence-corrected chi connectivity index (χ3v) is 3.75. The van der Waals surface area contributed by atoms with E-state index in [1.165, 1.54) is 16.6 Å². The van der Waals surface area contributed by atoms with Gasteiger partial charge in [-0.05, 0) is 42.3 Å². The maximum atomic E-state index is 4.69. The molecule has 2 aromatic heterocycles. The molecule has 0 radical (unpaired) electrons. The predicted molar refractivity (Wildman–Crippen MR) is 82.9 cm³/mol. The van der Waals surface area contributed by atoms with E-state index in [0.717, 1.165) is 16.7 Å². The van der Waals surface area contributed by atoms with Crippen LogP contribution in [0.4, 0.5) is 0 Å². The lowest BCUT2D eigenvalue weighted by molar-refractivity contribution is 1.17. The first kappa shape index (κ1) is 11.2. The topological polar surface area (TPSA) is 17.3 Å². The summed E-state index contributed by atoms with van der Waals surface area (Å²) in [6, 6.07) is 21.1. The van der Waals surface area contributed by atoms with E-state index in [4.69, 9.17) is 0 Å². The summed E-state index contributed by atoms with van der Waals surface area (Å²) in [5, 5.41) is 0. The fourth-order valence-corrected chi connectivity index (χ4v) is 2.74. The molecule has 0 amide bonds. The zero-order chi connectivity index (χ0) is 13.5. The Morgan fingerprint density at radius 3 is 2.50 bits per heavy atom. The van der Waals surface area contributed by atoms with E-state index >= 15 is 0 Å². The Morgan fingerprint density at radius 1 is 0.800 bits per heavy atom. The minimum atomic E-state index is 1.03. The second kappa shape index (κ2) is 4.20. The van der Waals surface area contributed by atoms with Crippen LogP contribution < -0.4 is 0 Å². The average molecular weight is 258 g/mol. The van der Waals surface area contributed by atoms with Crippen LogP contribution in [0.3, 0.4) is 0 Å². The van der Waals surface area contributed by atoms with Crippen molar-refractivity contribution in [2.75, 3.05) is 0 Å². The molecule has 2 aromatic carbocycles. The van der Waals surface area contributed by atoms with E-state index in [9.17, 15) is 0 Å². The highest BCUT2D eigenvalue weighted by Crippen LogP contribution is 2.25. The molecule has 0 atom stereocenters. The lowest BCUT2D eigenvalue weighted by Crippen LogP contribution is -1.94. The number of nitrogens with zero attached hydrogens (tertiary/aromatic N) is 2. The number of fused-ring (bicyclic) bond motifs is 3. The summed E-state index contributed by atoms with van der Waals surface area (Å²) in [7, 11) is 0. The lowest BCUT2D eigenvalue weighted by Gasteiger charge is -2.08. The van der Waals surface area contributed by atoms with Crippen molar-refractivity contribution in [2.45, 2.75) is 6.92 Å². The third kappa shape index (κ3) is 1.62. The van der Waals surface area contributed by atoms with Crippen molar-refractivity contribution >= 4 is 16.6 Å². The van der Waals surface area contributed by atoms with Gasteiger partial charge in [-0.3, -0.25) is 0 Å². The largest absolute Gasteiger partial charge is 0.313 e. The summed E-state index contributed by atoms with van der Waals surface area (Å²) in [6.45, 7) is 2.06. The fraction of sp³-hybridized carbons (Fsp3) is 0.0556. The molecule has 0 N–H and O–H groups in total. The molecule has 2 heterocycles. The van der Waals surface area contributed by atoms with Crippen molar-refractivity contribution in [3.63, 3.8) is 0 Å². The summed E-state index contributed by atoms with van der Waals surface area (Å²) in [5.41, 5.74) is 6.87. The molecule has 0 aliphatic carbocycles. The fourth-order valence-electron chi connectivity index (χ4n) is 2.74. The summed E-state index contributed by atoms with van der Waals surface area (Å²) < 4.78 is 2.21. The third-order valence-electron chi connectivity index (χ3n) is 3.75. The van der Waals surface area contributed by atoms with Crippen LogP contribution >= 0.6 is 0 Å². The zero-order valence-electron chi connectivity index (χ0n) is 11.2. The Bertz CT molecular complexity index is 905. The molecule has 0 aliphatic heterocycles. The Morgan fingerprint density at radius 2 is 1.65 bits per heavy atom. The first-order valence-electron chi connectivity index (χ1n) is 6.76. The van der Waals surface area contributed by atoms with E-state index in [-0.39, 0.29) is 0 Å². The first-order chi connectivity index (χ1) is 9.83. The van der Waals surface area contributed by atoms with Gasteiger partial charge in [0.1, 0.15) is 0 Å². The number of aromatic nitrogens is 2. The van der Waals surface area contributed by atoms with Crippen LogP contribution in [-0.4, -0.2) is 9.38 Å². The van der Waals surface area contributed by atoms with Crippen molar-refractivity contribution in [2.24, 2.45) is 0 Å². The van der Waals surface area contributed by atoms with Gasteiger partial charge in [0.25, 0.3) is 0 Å². The second-order valence-corrected chi connectivity index (χ2v) is 5.03. The molecule has 0 saturated heterocycles. The monoisotopic (exact) mass is 258 g/mol. The van der Waals surface area contributed by atoms with Crippen LogP contribution in [0.5, 0.6) is 0 Å². The standard InChI is InChI=1S/C18H14N2/c1-13-17-8-5-11-20(17)18-12-15(9-10-16(18)19-13)14-6-3-2-4-7-14/h2-12H,1H3. The van der Waals surface area contributed by atoms with Crippen molar-refractivity contribution in [3.05, 3.63) is 72.6 Å². The molecule has 0 unspecified atom stereocenters. The Labute approximate surface area is 117 Å². The molecule has 0 bridgehead atoms. The Balaban J connectivity index is 2.06. The van der Waals surface area contributed by atoms with Gasteiger partial charge >= 0.3 is 0 Å². The summed E-state index contributed by atoms with van der Waals surface area (Å²) in [6.07, 6.45) is 2.10. The zero-order valence-corrected chi connectivity index (χ0v) is 11.2. The number of benzene rings is 2. The van der Waals surface area contributed by atoms with E-state index in [1.54, 1.807) is 0 Å². The SMILES string of the molecule is Cc1nc2ccc(-c3ccccc3)cc2n2cccc12. The molecule has 0 spiro atoms. The second-order valence-electron chi connectivity index (χ2n) is 5.03. The number of aryl methyl sites for hydroxylation is 1. The van der Waals surface area contributed by atoms with Gasteiger partial charge in [0, 0.05) is 6.20 Å². The maximum absolute atomic E-state index is 4.69. The Kier molecular flexibility index (Phi) is 2.36. The average Bonchev–Trinajstić information content (AvgIpc) is 2.98. The van der Waals surface area contributed by atoms with E-state index in [0.29, 0.717) is 0 Å². The maximum Gasteiger partial charge on any atom is 0.0874 e. The smallest absolute Gasteiger partial charge is 0.0874 e. The van der Waals surface area contributed by atoms with Crippen molar-refractivity contribution in [3.8, 4) is 11.1 Å². The van der Waals surface area contributed by atoms with Gasteiger partial charge in [-0.2, -0.15) is 0 Å². The minimum absolute atomic E-state index is 1.03. The predicted octanol–water partition coefficient (Wildman–Crippen LogP) is 4.46. The van der Waals surface area contributed by atoms with Gasteiger partial charge in [-0.15, -0.1) is 0 Å². The summed E-state index contributed by atoms with van der Waals surface area (Å²) >= 11 is 0. The summed E-state index contributed by atoms with van der Waals surface area (Å²) in [5.74, 6) is 0. The van der Waals surface area contributed by atoms with Crippen LogP contribution in [0.15, 0.2) is 66.9 Å². The van der Waals surface area contributed by atoms with Crippen LogP contribution in [0.1, 0.15) is 5.69 Å². The normalized spacial score (nSPS) is 11.2. The van der Waals surface area contributed by atoms with Crippen molar-refractivity contribution in [1.82, 2.24) is 9.38 Å². The van der Waals surface area contributed by atoms with Gasteiger partial charge in [-0.25, -0.2) is 4.98 Å². The van der Waals surface area contributed by atoms with Gasteiger partial charge in [0.2, 0.25) is 0 Å². The molecule has 4 aromatic rings. The Hall–Kier alpha value is -2.61. The van der Waals surface area contributed by atoms with E-state index in [1.807, 2.05) is 6.07 Å². The number of hydrogen-bond donors (Lipinski definition) is 0. The first-order valence-corrected chi connectivity index (χ1v) is 6.76. The lowest BCUT2D eigenvalue weighted by atomic mass is 10.1. The van der Waals surface area contributed by atoms with E-state index < -0.39 is 0 Å². The van der Waals surface area contributed by atoms with Gasteiger partial charge in [-0.1, -0.05) is 36.4 Å². The van der Waals surface area contributed by atoms with Gasteiger partial charge in [0.15, 0.2) is 0 Å². The molecule has 0 fully saturated rings. The van der Waals surface area contributed by atoms with E-state index in [2.05, 4.69) is 77.1 Å². The highest BCUT2D eigenvalue weighted by Gasteiger charge is 2.06. The molecule has 2 nitrogen and oxygen atoms in total. The van der Waals surface area contributed by atoms with Gasteiger partial charge < -0.3 is 4.40 Å². The highest BCUT2D eigenvalue weighted by molar-refractivity contribution is 5.84.